The lowest BCUT2D eigenvalue weighted by atomic mass is 10.1. The standard InChI is InChI=1S/C18H23N5O4S/c1-5-13(9-10-21-4)17(24)22-18(2,3)12-27-16-8-6-7-15(14(16)11-19)23-28(20,25)26/h5-10,23H,4,12H2,1-3H3,(H,22,24)(H2,20,25,26)/b10-9-,13-5+. The van der Waals surface area contributed by atoms with Gasteiger partial charge in [0.05, 0.1) is 11.2 Å². The normalized spacial score (nSPS) is 12.3. The molecular formula is C18H23N5O4S. The summed E-state index contributed by atoms with van der Waals surface area (Å²) in [6, 6.07) is 6.30. The van der Waals surface area contributed by atoms with Crippen molar-refractivity contribution in [2.24, 2.45) is 10.1 Å². The maximum Gasteiger partial charge on any atom is 0.296 e. The van der Waals surface area contributed by atoms with Gasteiger partial charge in [-0.2, -0.15) is 13.7 Å². The number of benzene rings is 1. The Bertz CT molecular complexity index is 943. The Hall–Kier alpha value is -3.16. The minimum absolute atomic E-state index is 0.00241. The quantitative estimate of drug-likeness (QED) is 0.324. The molecule has 0 bridgehead atoms. The molecule has 10 heteroatoms. The Kier molecular flexibility index (Phi) is 7.91. The average Bonchev–Trinajstić information content (AvgIpc) is 2.59. The first-order valence-electron chi connectivity index (χ1n) is 8.10. The molecule has 1 rings (SSSR count). The molecule has 0 radical (unpaired) electrons. The second kappa shape index (κ2) is 9.68. The van der Waals surface area contributed by atoms with E-state index >= 15 is 0 Å². The predicted molar refractivity (Wildman–Crippen MR) is 108 cm³/mol. The number of carbonyl (C=O) groups is 1. The Labute approximate surface area is 164 Å². The van der Waals surface area contributed by atoms with Crippen LogP contribution in [0.3, 0.4) is 0 Å². The molecule has 0 saturated heterocycles. The summed E-state index contributed by atoms with van der Waals surface area (Å²) in [5.41, 5.74) is -0.412. The SMILES string of the molecule is C=N/C=C\C(=C/C)C(=O)NC(C)(C)COc1cccc(NS(N)(=O)=O)c1C#N. The number of hydrogen-bond acceptors (Lipinski definition) is 6. The second-order valence-electron chi connectivity index (χ2n) is 6.31. The molecule has 0 atom stereocenters. The zero-order chi connectivity index (χ0) is 21.4. The Morgan fingerprint density at radius 2 is 2.14 bits per heavy atom. The first-order chi connectivity index (χ1) is 13.0. The van der Waals surface area contributed by atoms with E-state index in [2.05, 4.69) is 21.7 Å². The van der Waals surface area contributed by atoms with E-state index in [-0.39, 0.29) is 29.5 Å². The Balaban J connectivity index is 2.94. The van der Waals surface area contributed by atoms with Gasteiger partial charge in [0.15, 0.2) is 0 Å². The van der Waals surface area contributed by atoms with Crippen LogP contribution in [0.4, 0.5) is 5.69 Å². The summed E-state index contributed by atoms with van der Waals surface area (Å²) in [6.45, 7) is 8.54. The second-order valence-corrected chi connectivity index (χ2v) is 7.60. The van der Waals surface area contributed by atoms with Crippen molar-refractivity contribution in [3.8, 4) is 11.8 Å². The van der Waals surface area contributed by atoms with Gasteiger partial charge in [-0.3, -0.25) is 14.5 Å². The van der Waals surface area contributed by atoms with Crippen molar-refractivity contribution in [3.63, 3.8) is 0 Å². The molecule has 150 valence electrons. The largest absolute Gasteiger partial charge is 0.490 e. The fraction of sp³-hybridized carbons (Fsp3) is 0.278. The van der Waals surface area contributed by atoms with E-state index in [9.17, 15) is 18.5 Å². The van der Waals surface area contributed by atoms with Crippen LogP contribution in [-0.4, -0.2) is 33.2 Å². The third-order valence-corrected chi connectivity index (χ3v) is 3.87. The number of nitrogens with zero attached hydrogens (tertiary/aromatic N) is 2. The van der Waals surface area contributed by atoms with E-state index < -0.39 is 15.7 Å². The molecule has 0 aliphatic heterocycles. The maximum atomic E-state index is 12.3. The lowest BCUT2D eigenvalue weighted by Crippen LogP contribution is -2.48. The van der Waals surface area contributed by atoms with E-state index in [0.717, 1.165) is 0 Å². The number of hydrogen-bond donors (Lipinski definition) is 3. The Morgan fingerprint density at radius 1 is 1.46 bits per heavy atom. The summed E-state index contributed by atoms with van der Waals surface area (Å²) in [6.07, 6.45) is 4.56. The van der Waals surface area contributed by atoms with Crippen molar-refractivity contribution in [1.82, 2.24) is 5.32 Å². The molecule has 0 aromatic heterocycles. The van der Waals surface area contributed by atoms with Gasteiger partial charge in [-0.1, -0.05) is 12.1 Å². The van der Waals surface area contributed by atoms with Crippen molar-refractivity contribution in [3.05, 3.63) is 47.7 Å². The number of allylic oxidation sites excluding steroid dienone is 1. The highest BCUT2D eigenvalue weighted by molar-refractivity contribution is 7.90. The van der Waals surface area contributed by atoms with E-state index in [0.29, 0.717) is 5.57 Å². The maximum absolute atomic E-state index is 12.3. The van der Waals surface area contributed by atoms with Gasteiger partial charge >= 0.3 is 0 Å². The number of nitriles is 1. The molecule has 9 nitrogen and oxygen atoms in total. The van der Waals surface area contributed by atoms with Gasteiger partial charge in [-0.15, -0.1) is 0 Å². The number of ether oxygens (including phenoxy) is 1. The van der Waals surface area contributed by atoms with Gasteiger partial charge in [0.2, 0.25) is 0 Å². The van der Waals surface area contributed by atoms with E-state index in [1.165, 1.54) is 30.5 Å². The average molecular weight is 405 g/mol. The smallest absolute Gasteiger partial charge is 0.296 e. The molecule has 0 unspecified atom stereocenters. The number of nitrogens with one attached hydrogen (secondary N) is 2. The molecule has 1 aromatic carbocycles. The van der Waals surface area contributed by atoms with Crippen LogP contribution in [0.2, 0.25) is 0 Å². The third kappa shape index (κ3) is 7.22. The lowest BCUT2D eigenvalue weighted by molar-refractivity contribution is -0.119. The predicted octanol–water partition coefficient (Wildman–Crippen LogP) is 1.61. The molecule has 4 N–H and O–H groups in total. The molecule has 1 amide bonds. The number of amides is 1. The molecule has 0 fully saturated rings. The van der Waals surface area contributed by atoms with Crippen LogP contribution in [0.1, 0.15) is 26.3 Å². The molecule has 0 aliphatic carbocycles. The fourth-order valence-corrected chi connectivity index (χ4v) is 2.59. The van der Waals surface area contributed by atoms with Crippen LogP contribution in [0.25, 0.3) is 0 Å². The van der Waals surface area contributed by atoms with Crippen LogP contribution >= 0.6 is 0 Å². The summed E-state index contributed by atoms with van der Waals surface area (Å²) >= 11 is 0. The summed E-state index contributed by atoms with van der Waals surface area (Å²) in [7, 11) is -4.04. The number of nitrogens with two attached hydrogens (primary N) is 1. The van der Waals surface area contributed by atoms with E-state index in [1.807, 2.05) is 6.07 Å². The van der Waals surface area contributed by atoms with E-state index in [4.69, 9.17) is 9.88 Å². The highest BCUT2D eigenvalue weighted by Crippen LogP contribution is 2.27. The summed E-state index contributed by atoms with van der Waals surface area (Å²) in [5, 5.41) is 17.1. The molecule has 0 heterocycles. The number of rotatable bonds is 9. The van der Waals surface area contributed by atoms with Crippen LogP contribution < -0.4 is 19.9 Å². The van der Waals surface area contributed by atoms with Crippen LogP contribution in [0, 0.1) is 11.3 Å². The Morgan fingerprint density at radius 3 is 2.68 bits per heavy atom. The number of anilines is 1. The summed E-state index contributed by atoms with van der Waals surface area (Å²) in [5.74, 6) is -0.179. The third-order valence-electron chi connectivity index (χ3n) is 3.36. The minimum Gasteiger partial charge on any atom is -0.490 e. The van der Waals surface area contributed by atoms with Gasteiger partial charge in [0.25, 0.3) is 16.1 Å². The molecule has 28 heavy (non-hydrogen) atoms. The monoisotopic (exact) mass is 405 g/mol. The molecule has 0 saturated carbocycles. The molecular weight excluding hydrogens is 382 g/mol. The first-order valence-corrected chi connectivity index (χ1v) is 9.65. The van der Waals surface area contributed by atoms with Crippen molar-refractivity contribution in [1.29, 1.82) is 5.26 Å². The van der Waals surface area contributed by atoms with Gasteiger partial charge < -0.3 is 10.1 Å². The minimum atomic E-state index is -4.04. The van der Waals surface area contributed by atoms with Crippen molar-refractivity contribution < 1.29 is 17.9 Å². The van der Waals surface area contributed by atoms with Gasteiger partial charge in [-0.05, 0) is 45.7 Å². The van der Waals surface area contributed by atoms with Crippen molar-refractivity contribution >= 4 is 28.5 Å². The molecule has 0 spiro atoms. The van der Waals surface area contributed by atoms with E-state index in [1.54, 1.807) is 26.8 Å². The fourth-order valence-electron chi connectivity index (χ4n) is 2.11. The van der Waals surface area contributed by atoms with Gasteiger partial charge in [0, 0.05) is 11.8 Å². The van der Waals surface area contributed by atoms with Gasteiger partial charge in [-0.25, -0.2) is 5.14 Å². The first kappa shape index (κ1) is 22.9. The van der Waals surface area contributed by atoms with Gasteiger partial charge in [0.1, 0.15) is 24.0 Å². The number of carbonyl (C=O) groups excluding carboxylic acids is 1. The topological polar surface area (TPSA) is 147 Å². The van der Waals surface area contributed by atoms with Crippen molar-refractivity contribution in [2.75, 3.05) is 11.3 Å². The van der Waals surface area contributed by atoms with Crippen LogP contribution in [0.15, 0.2) is 47.1 Å². The summed E-state index contributed by atoms with van der Waals surface area (Å²) < 4.78 is 30.2. The molecule has 0 aliphatic rings. The highest BCUT2D eigenvalue weighted by atomic mass is 32.2. The van der Waals surface area contributed by atoms with Crippen molar-refractivity contribution in [2.45, 2.75) is 26.3 Å². The highest BCUT2D eigenvalue weighted by Gasteiger charge is 2.23. The van der Waals surface area contributed by atoms with Crippen LogP contribution in [0.5, 0.6) is 5.75 Å². The lowest BCUT2D eigenvalue weighted by Gasteiger charge is -2.27. The number of aliphatic imine (C=N–C) groups is 1. The molecule has 1 aromatic rings. The van der Waals surface area contributed by atoms with Crippen LogP contribution in [-0.2, 0) is 15.0 Å². The summed E-state index contributed by atoms with van der Waals surface area (Å²) in [4.78, 5) is 15.9. The zero-order valence-electron chi connectivity index (χ0n) is 15.9. The zero-order valence-corrected chi connectivity index (χ0v) is 16.7.